The van der Waals surface area contributed by atoms with Crippen LogP contribution in [-0.2, 0) is 11.8 Å². The highest BCUT2D eigenvalue weighted by Crippen LogP contribution is 2.35. The van der Waals surface area contributed by atoms with Gasteiger partial charge in [-0.2, -0.15) is 5.10 Å². The van der Waals surface area contributed by atoms with Gasteiger partial charge in [0, 0.05) is 53.8 Å². The SMILES string of the molecule is CCN(CCOC)C(=O)c1c2cccc(-c3ccc(Cl)cc3Cl)c2nn1C. The van der Waals surface area contributed by atoms with Gasteiger partial charge >= 0.3 is 0 Å². The van der Waals surface area contributed by atoms with Gasteiger partial charge in [0.15, 0.2) is 0 Å². The number of amides is 1. The minimum absolute atomic E-state index is 0.0705. The topological polar surface area (TPSA) is 47.4 Å². The summed E-state index contributed by atoms with van der Waals surface area (Å²) in [5.74, 6) is -0.0705. The number of aromatic nitrogens is 2. The third-order valence-corrected chi connectivity index (χ3v) is 5.07. The Morgan fingerprint density at radius 3 is 2.67 bits per heavy atom. The fraction of sp³-hybridized carbons (Fsp3) is 0.300. The van der Waals surface area contributed by atoms with E-state index in [2.05, 4.69) is 5.10 Å². The molecule has 0 atom stereocenters. The standard InChI is InChI=1S/C20H21Cl2N3O2/c1-4-25(10-11-27-3)20(26)19-16-7-5-6-15(18(16)23-24(19)2)14-9-8-13(21)12-17(14)22/h5-9,12H,4,10-11H2,1-3H3. The molecule has 0 bridgehead atoms. The Kier molecular flexibility index (Phi) is 6.05. The molecule has 0 aliphatic heterocycles. The zero-order chi connectivity index (χ0) is 19.6. The maximum absolute atomic E-state index is 13.1. The largest absolute Gasteiger partial charge is 0.383 e. The first-order valence-corrected chi connectivity index (χ1v) is 9.42. The molecule has 0 spiro atoms. The highest BCUT2D eigenvalue weighted by molar-refractivity contribution is 6.36. The lowest BCUT2D eigenvalue weighted by Gasteiger charge is -2.20. The number of benzene rings is 2. The molecule has 0 aliphatic carbocycles. The summed E-state index contributed by atoms with van der Waals surface area (Å²) >= 11 is 12.4. The van der Waals surface area contributed by atoms with Gasteiger partial charge in [0.05, 0.1) is 6.61 Å². The van der Waals surface area contributed by atoms with E-state index in [-0.39, 0.29) is 5.91 Å². The van der Waals surface area contributed by atoms with Gasteiger partial charge in [0.2, 0.25) is 0 Å². The number of hydrogen-bond acceptors (Lipinski definition) is 3. The van der Waals surface area contributed by atoms with Gasteiger partial charge in [-0.25, -0.2) is 0 Å². The van der Waals surface area contributed by atoms with Crippen molar-refractivity contribution in [1.29, 1.82) is 0 Å². The lowest BCUT2D eigenvalue weighted by Crippen LogP contribution is -2.35. The van der Waals surface area contributed by atoms with Gasteiger partial charge in [0.1, 0.15) is 11.2 Å². The van der Waals surface area contributed by atoms with Gasteiger partial charge in [0.25, 0.3) is 5.91 Å². The average Bonchev–Trinajstić information content (AvgIpc) is 2.98. The first kappa shape index (κ1) is 19.7. The van der Waals surface area contributed by atoms with Gasteiger partial charge in [-0.15, -0.1) is 0 Å². The Balaban J connectivity index is 2.12. The van der Waals surface area contributed by atoms with Crippen molar-refractivity contribution >= 4 is 40.0 Å². The average molecular weight is 406 g/mol. The highest BCUT2D eigenvalue weighted by Gasteiger charge is 2.23. The van der Waals surface area contributed by atoms with Crippen LogP contribution in [0.3, 0.4) is 0 Å². The first-order chi connectivity index (χ1) is 13.0. The number of halogens is 2. The van der Waals surface area contributed by atoms with E-state index in [1.54, 1.807) is 35.9 Å². The first-order valence-electron chi connectivity index (χ1n) is 8.67. The molecule has 2 aromatic carbocycles. The Bertz CT molecular complexity index is 985. The Labute approximate surface area is 168 Å². The summed E-state index contributed by atoms with van der Waals surface area (Å²) < 4.78 is 6.75. The minimum atomic E-state index is -0.0705. The molecule has 0 radical (unpaired) electrons. The van der Waals surface area contributed by atoms with Crippen LogP contribution in [0.5, 0.6) is 0 Å². The van der Waals surface area contributed by atoms with E-state index in [0.717, 1.165) is 22.0 Å². The fourth-order valence-corrected chi connectivity index (χ4v) is 3.66. The van der Waals surface area contributed by atoms with E-state index >= 15 is 0 Å². The van der Waals surface area contributed by atoms with Crippen LogP contribution in [0.4, 0.5) is 0 Å². The van der Waals surface area contributed by atoms with E-state index in [1.165, 1.54) is 0 Å². The van der Waals surface area contributed by atoms with Crippen LogP contribution >= 0.6 is 23.2 Å². The molecule has 1 amide bonds. The van der Waals surface area contributed by atoms with Crippen molar-refractivity contribution in [2.75, 3.05) is 26.8 Å². The van der Waals surface area contributed by atoms with E-state index in [1.807, 2.05) is 31.2 Å². The molecule has 27 heavy (non-hydrogen) atoms. The molecule has 0 N–H and O–H groups in total. The zero-order valence-electron chi connectivity index (χ0n) is 15.5. The number of likely N-dealkylation sites (N-methyl/N-ethyl adjacent to an activating group) is 1. The smallest absolute Gasteiger partial charge is 0.272 e. The number of fused-ring (bicyclic) bond motifs is 1. The molecule has 0 fully saturated rings. The molecule has 1 aromatic heterocycles. The number of aryl methyl sites for hydroxylation is 1. The quantitative estimate of drug-likeness (QED) is 0.599. The maximum Gasteiger partial charge on any atom is 0.272 e. The second-order valence-corrected chi connectivity index (χ2v) is 7.02. The molecule has 142 valence electrons. The number of ether oxygens (including phenoxy) is 1. The van der Waals surface area contributed by atoms with E-state index in [9.17, 15) is 4.79 Å². The normalized spacial score (nSPS) is 11.1. The van der Waals surface area contributed by atoms with E-state index in [4.69, 9.17) is 27.9 Å². The summed E-state index contributed by atoms with van der Waals surface area (Å²) in [7, 11) is 3.41. The molecule has 7 heteroatoms. The van der Waals surface area contributed by atoms with Crippen molar-refractivity contribution in [3.8, 4) is 11.1 Å². The Morgan fingerprint density at radius 1 is 1.22 bits per heavy atom. The van der Waals surface area contributed by atoms with Crippen molar-refractivity contribution in [2.45, 2.75) is 6.92 Å². The second kappa shape index (κ2) is 8.30. The Hall–Kier alpha value is -2.08. The number of nitrogens with zero attached hydrogens (tertiary/aromatic N) is 3. The van der Waals surface area contributed by atoms with Gasteiger partial charge in [-0.1, -0.05) is 47.5 Å². The van der Waals surface area contributed by atoms with Crippen LogP contribution in [0, 0.1) is 0 Å². The summed E-state index contributed by atoms with van der Waals surface area (Å²) in [6.45, 7) is 3.56. The number of carbonyl (C=O) groups is 1. The molecule has 3 aromatic rings. The number of carbonyl (C=O) groups excluding carboxylic acids is 1. The van der Waals surface area contributed by atoms with Crippen molar-refractivity contribution in [1.82, 2.24) is 14.7 Å². The summed E-state index contributed by atoms with van der Waals surface area (Å²) in [4.78, 5) is 14.9. The highest BCUT2D eigenvalue weighted by atomic mass is 35.5. The zero-order valence-corrected chi connectivity index (χ0v) is 17.0. The molecular formula is C20H21Cl2N3O2. The van der Waals surface area contributed by atoms with Crippen molar-refractivity contribution in [3.05, 3.63) is 52.1 Å². The van der Waals surface area contributed by atoms with Crippen molar-refractivity contribution in [3.63, 3.8) is 0 Å². The third-order valence-electron chi connectivity index (χ3n) is 4.52. The molecule has 1 heterocycles. The Morgan fingerprint density at radius 2 is 2.00 bits per heavy atom. The number of methoxy groups -OCH3 is 1. The molecule has 5 nitrogen and oxygen atoms in total. The summed E-state index contributed by atoms with van der Waals surface area (Å²) in [5, 5.41) is 6.53. The van der Waals surface area contributed by atoms with Crippen LogP contribution in [-0.4, -0.2) is 47.4 Å². The predicted molar refractivity (Wildman–Crippen MR) is 110 cm³/mol. The monoisotopic (exact) mass is 405 g/mol. The van der Waals surface area contributed by atoms with Gasteiger partial charge < -0.3 is 9.64 Å². The minimum Gasteiger partial charge on any atom is -0.383 e. The van der Waals surface area contributed by atoms with Gasteiger partial charge in [-0.05, 0) is 19.1 Å². The fourth-order valence-electron chi connectivity index (χ4n) is 3.15. The van der Waals surface area contributed by atoms with Crippen LogP contribution in [0.1, 0.15) is 17.4 Å². The third kappa shape index (κ3) is 3.81. The number of rotatable bonds is 6. The van der Waals surface area contributed by atoms with Crippen molar-refractivity contribution < 1.29 is 9.53 Å². The maximum atomic E-state index is 13.1. The molecular weight excluding hydrogens is 385 g/mol. The van der Waals surface area contributed by atoms with Gasteiger partial charge in [-0.3, -0.25) is 9.48 Å². The lowest BCUT2D eigenvalue weighted by atomic mass is 10.0. The predicted octanol–water partition coefficient (Wildman–Crippen LogP) is 4.66. The second-order valence-electron chi connectivity index (χ2n) is 6.18. The molecule has 3 rings (SSSR count). The summed E-state index contributed by atoms with van der Waals surface area (Å²) in [5.41, 5.74) is 2.98. The van der Waals surface area contributed by atoms with E-state index in [0.29, 0.717) is 35.4 Å². The number of hydrogen-bond donors (Lipinski definition) is 0. The van der Waals surface area contributed by atoms with Crippen LogP contribution in [0.2, 0.25) is 10.0 Å². The molecule has 0 saturated heterocycles. The summed E-state index contributed by atoms with van der Waals surface area (Å²) in [6.07, 6.45) is 0. The molecule has 0 unspecified atom stereocenters. The van der Waals surface area contributed by atoms with E-state index < -0.39 is 0 Å². The van der Waals surface area contributed by atoms with Crippen LogP contribution < -0.4 is 0 Å². The van der Waals surface area contributed by atoms with Crippen LogP contribution in [0.15, 0.2) is 36.4 Å². The summed E-state index contributed by atoms with van der Waals surface area (Å²) in [6, 6.07) is 11.1. The molecule has 0 saturated carbocycles. The van der Waals surface area contributed by atoms with Crippen LogP contribution in [0.25, 0.3) is 22.0 Å². The molecule has 0 aliphatic rings. The lowest BCUT2D eigenvalue weighted by molar-refractivity contribution is 0.0697. The van der Waals surface area contributed by atoms with Crippen molar-refractivity contribution in [2.24, 2.45) is 7.05 Å².